The number of carboxylic acids is 1. The molecule has 172 valence electrons. The molecular formula is C27H30N2O4. The maximum absolute atomic E-state index is 13.2. The van der Waals surface area contributed by atoms with Gasteiger partial charge in [-0.05, 0) is 42.0 Å². The Hall–Kier alpha value is -3.41. The van der Waals surface area contributed by atoms with Crippen LogP contribution in [0.4, 0.5) is 0 Å². The van der Waals surface area contributed by atoms with E-state index in [1.54, 1.807) is 29.0 Å². The van der Waals surface area contributed by atoms with Gasteiger partial charge in [-0.15, -0.1) is 0 Å². The van der Waals surface area contributed by atoms with Crippen LogP contribution in [0.25, 0.3) is 11.1 Å². The van der Waals surface area contributed by atoms with Crippen molar-refractivity contribution in [2.75, 3.05) is 0 Å². The van der Waals surface area contributed by atoms with E-state index >= 15 is 0 Å². The van der Waals surface area contributed by atoms with Gasteiger partial charge in [-0.25, -0.2) is 14.2 Å². The van der Waals surface area contributed by atoms with E-state index in [9.17, 15) is 19.5 Å². The Labute approximate surface area is 193 Å². The minimum atomic E-state index is -0.964. The monoisotopic (exact) mass is 446 g/mol. The number of rotatable bonds is 7. The molecule has 4 rings (SSSR count). The molecule has 0 spiro atoms. The normalized spacial score (nSPS) is 14.3. The first-order valence-corrected chi connectivity index (χ1v) is 11.8. The van der Waals surface area contributed by atoms with Gasteiger partial charge in [-0.3, -0.25) is 9.36 Å². The molecule has 6 nitrogen and oxygen atoms in total. The molecule has 0 atom stereocenters. The Morgan fingerprint density at radius 1 is 1.00 bits per heavy atom. The minimum Gasteiger partial charge on any atom is -0.478 e. The van der Waals surface area contributed by atoms with Crippen molar-refractivity contribution in [3.8, 4) is 11.1 Å². The van der Waals surface area contributed by atoms with Gasteiger partial charge in [-0.2, -0.15) is 0 Å². The number of hydrogen-bond donors (Lipinski definition) is 1. The number of benzene rings is 2. The van der Waals surface area contributed by atoms with E-state index in [-0.39, 0.29) is 23.1 Å². The summed E-state index contributed by atoms with van der Waals surface area (Å²) in [7, 11) is 0. The second-order valence-electron chi connectivity index (χ2n) is 8.83. The number of aromatic carboxylic acids is 1. The van der Waals surface area contributed by atoms with E-state index in [4.69, 9.17) is 0 Å². The Bertz CT molecular complexity index is 1200. The number of imidazole rings is 1. The first-order valence-electron chi connectivity index (χ1n) is 11.8. The summed E-state index contributed by atoms with van der Waals surface area (Å²) in [6.45, 7) is 2.43. The third kappa shape index (κ3) is 4.85. The SMILES string of the molecule is CCCc1cn(C(=O)C2CCCCC2)c(=O)n1Cc1ccc(-c2ccccc2C(=O)O)cc1. The Morgan fingerprint density at radius 3 is 2.36 bits per heavy atom. The van der Waals surface area contributed by atoms with Gasteiger partial charge in [-0.1, -0.05) is 75.1 Å². The maximum Gasteiger partial charge on any atom is 0.336 e. The predicted molar refractivity (Wildman–Crippen MR) is 128 cm³/mol. The highest BCUT2D eigenvalue weighted by Crippen LogP contribution is 2.26. The lowest BCUT2D eigenvalue weighted by molar-refractivity contribution is 0.0697. The highest BCUT2D eigenvalue weighted by atomic mass is 16.4. The van der Waals surface area contributed by atoms with Crippen molar-refractivity contribution in [2.45, 2.75) is 58.4 Å². The van der Waals surface area contributed by atoms with E-state index in [1.165, 1.54) is 4.57 Å². The van der Waals surface area contributed by atoms with Crippen molar-refractivity contribution in [2.24, 2.45) is 5.92 Å². The fourth-order valence-corrected chi connectivity index (χ4v) is 4.75. The molecule has 1 aliphatic rings. The van der Waals surface area contributed by atoms with Crippen LogP contribution >= 0.6 is 0 Å². The number of aromatic nitrogens is 2. The molecule has 0 unspecified atom stereocenters. The smallest absolute Gasteiger partial charge is 0.336 e. The molecule has 1 aromatic heterocycles. The zero-order chi connectivity index (χ0) is 23.4. The number of nitrogens with zero attached hydrogens (tertiary/aromatic N) is 2. The molecule has 0 saturated heterocycles. The number of carbonyl (C=O) groups is 2. The lowest BCUT2D eigenvalue weighted by atomic mass is 9.88. The van der Waals surface area contributed by atoms with E-state index < -0.39 is 5.97 Å². The van der Waals surface area contributed by atoms with Crippen LogP contribution in [0.2, 0.25) is 0 Å². The van der Waals surface area contributed by atoms with E-state index in [0.717, 1.165) is 61.8 Å². The van der Waals surface area contributed by atoms with Gasteiger partial charge in [0.2, 0.25) is 5.91 Å². The quantitative estimate of drug-likeness (QED) is 0.538. The van der Waals surface area contributed by atoms with Gasteiger partial charge in [0.15, 0.2) is 0 Å². The summed E-state index contributed by atoms with van der Waals surface area (Å²) in [5, 5.41) is 9.46. The highest BCUT2D eigenvalue weighted by Gasteiger charge is 2.25. The second kappa shape index (κ2) is 10.0. The van der Waals surface area contributed by atoms with Gasteiger partial charge in [0.25, 0.3) is 0 Å². The fraction of sp³-hybridized carbons (Fsp3) is 0.370. The summed E-state index contributed by atoms with van der Waals surface area (Å²) in [5.41, 5.74) is 3.24. The number of aryl methyl sites for hydroxylation is 1. The van der Waals surface area contributed by atoms with Crippen molar-refractivity contribution in [1.82, 2.24) is 9.13 Å². The Kier molecular flexibility index (Phi) is 6.92. The molecule has 3 aromatic rings. The lowest BCUT2D eigenvalue weighted by Crippen LogP contribution is -2.34. The molecule has 1 fully saturated rings. The highest BCUT2D eigenvalue weighted by molar-refractivity contribution is 5.96. The Morgan fingerprint density at radius 2 is 1.70 bits per heavy atom. The van der Waals surface area contributed by atoms with Gasteiger partial charge in [0, 0.05) is 17.8 Å². The average molecular weight is 447 g/mol. The summed E-state index contributed by atoms with van der Waals surface area (Å²) < 4.78 is 3.03. The summed E-state index contributed by atoms with van der Waals surface area (Å²) in [6, 6.07) is 14.5. The van der Waals surface area contributed by atoms with E-state index in [2.05, 4.69) is 6.92 Å². The van der Waals surface area contributed by atoms with Crippen LogP contribution in [0, 0.1) is 5.92 Å². The molecule has 0 bridgehead atoms. The number of hydrogen-bond acceptors (Lipinski definition) is 3. The summed E-state index contributed by atoms with van der Waals surface area (Å²) in [6.07, 6.45) is 8.32. The van der Waals surface area contributed by atoms with Crippen LogP contribution in [0.3, 0.4) is 0 Å². The van der Waals surface area contributed by atoms with Crippen molar-refractivity contribution >= 4 is 11.9 Å². The van der Waals surface area contributed by atoms with Crippen LogP contribution in [-0.4, -0.2) is 26.1 Å². The zero-order valence-corrected chi connectivity index (χ0v) is 19.0. The first-order chi connectivity index (χ1) is 16.0. The molecule has 1 N–H and O–H groups in total. The zero-order valence-electron chi connectivity index (χ0n) is 19.0. The topological polar surface area (TPSA) is 81.3 Å². The third-order valence-corrected chi connectivity index (χ3v) is 6.52. The first kappa shape index (κ1) is 22.8. The van der Waals surface area contributed by atoms with Crippen LogP contribution in [-0.2, 0) is 13.0 Å². The van der Waals surface area contributed by atoms with E-state index in [0.29, 0.717) is 12.1 Å². The van der Waals surface area contributed by atoms with Crippen LogP contribution in [0.5, 0.6) is 0 Å². The lowest BCUT2D eigenvalue weighted by Gasteiger charge is -2.19. The molecular weight excluding hydrogens is 416 g/mol. The van der Waals surface area contributed by atoms with Crippen molar-refractivity contribution in [3.05, 3.63) is 82.0 Å². The predicted octanol–water partition coefficient (Wildman–Crippen LogP) is 5.24. The van der Waals surface area contributed by atoms with Crippen molar-refractivity contribution < 1.29 is 14.7 Å². The van der Waals surface area contributed by atoms with Gasteiger partial charge < -0.3 is 5.11 Å². The second-order valence-corrected chi connectivity index (χ2v) is 8.83. The van der Waals surface area contributed by atoms with Gasteiger partial charge >= 0.3 is 11.7 Å². The van der Waals surface area contributed by atoms with Crippen molar-refractivity contribution in [3.63, 3.8) is 0 Å². The summed E-state index contributed by atoms with van der Waals surface area (Å²) in [4.78, 5) is 37.8. The average Bonchev–Trinajstić information content (AvgIpc) is 3.15. The molecule has 2 aromatic carbocycles. The maximum atomic E-state index is 13.2. The van der Waals surface area contributed by atoms with Crippen LogP contribution in [0.15, 0.2) is 59.5 Å². The van der Waals surface area contributed by atoms with Crippen LogP contribution < -0.4 is 5.69 Å². The molecule has 33 heavy (non-hydrogen) atoms. The van der Waals surface area contributed by atoms with Crippen molar-refractivity contribution in [1.29, 1.82) is 0 Å². The number of carbonyl (C=O) groups excluding carboxylic acids is 1. The molecule has 1 aliphatic carbocycles. The minimum absolute atomic E-state index is 0.0598. The molecule has 1 heterocycles. The third-order valence-electron chi connectivity index (χ3n) is 6.52. The molecule has 1 saturated carbocycles. The van der Waals surface area contributed by atoms with Gasteiger partial charge in [0.05, 0.1) is 12.1 Å². The summed E-state index contributed by atoms with van der Waals surface area (Å²) >= 11 is 0. The summed E-state index contributed by atoms with van der Waals surface area (Å²) in [5.74, 6) is -1.10. The Balaban J connectivity index is 1.61. The van der Waals surface area contributed by atoms with E-state index in [1.807, 2.05) is 30.3 Å². The molecule has 0 amide bonds. The standard InChI is InChI=1S/C27H30N2O4/c1-2-8-22-18-29(25(30)21-9-4-3-5-10-21)27(33)28(22)17-19-13-15-20(16-14-19)23-11-6-7-12-24(23)26(31)32/h6-7,11-16,18,21H,2-5,8-10,17H2,1H3,(H,31,32). The largest absolute Gasteiger partial charge is 0.478 e. The number of carboxylic acid groups (broad SMARTS) is 1. The molecule has 0 aliphatic heterocycles. The fourth-order valence-electron chi connectivity index (χ4n) is 4.75. The van der Waals surface area contributed by atoms with Gasteiger partial charge in [0.1, 0.15) is 0 Å². The van der Waals surface area contributed by atoms with Crippen LogP contribution in [0.1, 0.15) is 71.9 Å². The molecule has 6 heteroatoms. The molecule has 0 radical (unpaired) electrons.